The lowest BCUT2D eigenvalue weighted by Crippen LogP contribution is -2.27. The SMILES string of the molecule is COc1ccc(C(=O)NCCC2CCC2)cc1O. The molecule has 1 aliphatic carbocycles. The normalized spacial score (nSPS) is 14.9. The molecule has 98 valence electrons. The first-order valence-electron chi connectivity index (χ1n) is 6.36. The fourth-order valence-electron chi connectivity index (χ4n) is 2.10. The summed E-state index contributed by atoms with van der Waals surface area (Å²) in [6.07, 6.45) is 4.96. The highest BCUT2D eigenvalue weighted by molar-refractivity contribution is 5.94. The van der Waals surface area contributed by atoms with Crippen molar-refractivity contribution in [3.63, 3.8) is 0 Å². The molecular weight excluding hydrogens is 230 g/mol. The van der Waals surface area contributed by atoms with Gasteiger partial charge in [-0.05, 0) is 30.5 Å². The van der Waals surface area contributed by atoms with Crippen LogP contribution < -0.4 is 10.1 Å². The lowest BCUT2D eigenvalue weighted by molar-refractivity contribution is 0.0948. The molecule has 0 heterocycles. The van der Waals surface area contributed by atoms with Crippen LogP contribution in [0.5, 0.6) is 11.5 Å². The van der Waals surface area contributed by atoms with Gasteiger partial charge in [-0.25, -0.2) is 0 Å². The number of phenolic OH excluding ortho intramolecular Hbond substituents is 1. The van der Waals surface area contributed by atoms with Crippen LogP contribution >= 0.6 is 0 Å². The van der Waals surface area contributed by atoms with E-state index >= 15 is 0 Å². The molecule has 0 atom stereocenters. The van der Waals surface area contributed by atoms with E-state index < -0.39 is 0 Å². The molecule has 0 unspecified atom stereocenters. The fraction of sp³-hybridized carbons (Fsp3) is 0.500. The van der Waals surface area contributed by atoms with Crippen molar-refractivity contribution >= 4 is 5.91 Å². The summed E-state index contributed by atoms with van der Waals surface area (Å²) in [7, 11) is 1.48. The second-order valence-corrected chi connectivity index (χ2v) is 4.73. The largest absolute Gasteiger partial charge is 0.504 e. The zero-order valence-electron chi connectivity index (χ0n) is 10.6. The number of carbonyl (C=O) groups excluding carboxylic acids is 1. The van der Waals surface area contributed by atoms with Crippen molar-refractivity contribution in [3.05, 3.63) is 23.8 Å². The van der Waals surface area contributed by atoms with Crippen molar-refractivity contribution in [3.8, 4) is 11.5 Å². The Kier molecular flexibility index (Phi) is 4.07. The Morgan fingerprint density at radius 2 is 2.28 bits per heavy atom. The number of ether oxygens (including phenoxy) is 1. The molecule has 0 saturated heterocycles. The predicted molar refractivity (Wildman–Crippen MR) is 69.0 cm³/mol. The average molecular weight is 249 g/mol. The number of methoxy groups -OCH3 is 1. The smallest absolute Gasteiger partial charge is 0.251 e. The van der Waals surface area contributed by atoms with Gasteiger partial charge in [0.15, 0.2) is 11.5 Å². The van der Waals surface area contributed by atoms with Gasteiger partial charge in [-0.3, -0.25) is 4.79 Å². The van der Waals surface area contributed by atoms with Gasteiger partial charge in [0.25, 0.3) is 5.91 Å². The highest BCUT2D eigenvalue weighted by atomic mass is 16.5. The third kappa shape index (κ3) is 2.94. The van der Waals surface area contributed by atoms with Crippen molar-refractivity contribution in [1.29, 1.82) is 0 Å². The molecule has 18 heavy (non-hydrogen) atoms. The molecule has 0 radical (unpaired) electrons. The monoisotopic (exact) mass is 249 g/mol. The van der Waals surface area contributed by atoms with E-state index in [4.69, 9.17) is 4.74 Å². The van der Waals surface area contributed by atoms with E-state index in [0.717, 1.165) is 12.3 Å². The number of hydrogen-bond acceptors (Lipinski definition) is 3. The molecule has 0 aliphatic heterocycles. The van der Waals surface area contributed by atoms with Gasteiger partial charge in [0.1, 0.15) is 0 Å². The number of amides is 1. The second kappa shape index (κ2) is 5.76. The van der Waals surface area contributed by atoms with Crippen molar-refractivity contribution in [2.75, 3.05) is 13.7 Å². The average Bonchev–Trinajstić information content (AvgIpc) is 2.32. The Hall–Kier alpha value is -1.71. The van der Waals surface area contributed by atoms with E-state index in [9.17, 15) is 9.90 Å². The predicted octanol–water partition coefficient (Wildman–Crippen LogP) is 2.32. The van der Waals surface area contributed by atoms with Gasteiger partial charge in [0.2, 0.25) is 0 Å². The third-order valence-corrected chi connectivity index (χ3v) is 3.50. The highest BCUT2D eigenvalue weighted by Gasteiger charge is 2.17. The van der Waals surface area contributed by atoms with E-state index in [0.29, 0.717) is 17.9 Å². The number of hydrogen-bond donors (Lipinski definition) is 2. The molecule has 1 fully saturated rings. The van der Waals surface area contributed by atoms with Crippen LogP contribution in [0.2, 0.25) is 0 Å². The zero-order chi connectivity index (χ0) is 13.0. The molecule has 0 bridgehead atoms. The Bertz CT molecular complexity index is 427. The van der Waals surface area contributed by atoms with Gasteiger partial charge in [-0.1, -0.05) is 19.3 Å². The number of carbonyl (C=O) groups is 1. The van der Waals surface area contributed by atoms with Crippen molar-refractivity contribution in [2.24, 2.45) is 5.92 Å². The maximum atomic E-state index is 11.8. The van der Waals surface area contributed by atoms with E-state index in [-0.39, 0.29) is 11.7 Å². The van der Waals surface area contributed by atoms with Gasteiger partial charge < -0.3 is 15.2 Å². The molecule has 1 amide bonds. The van der Waals surface area contributed by atoms with Crippen LogP contribution in [0, 0.1) is 5.92 Å². The number of nitrogens with one attached hydrogen (secondary N) is 1. The number of aromatic hydroxyl groups is 1. The molecule has 4 nitrogen and oxygen atoms in total. The molecule has 2 rings (SSSR count). The van der Waals surface area contributed by atoms with Crippen LogP contribution in [0.4, 0.5) is 0 Å². The highest BCUT2D eigenvalue weighted by Crippen LogP contribution is 2.29. The number of phenols is 1. The molecule has 1 aromatic carbocycles. The van der Waals surface area contributed by atoms with E-state index in [1.807, 2.05) is 0 Å². The maximum Gasteiger partial charge on any atom is 0.251 e. The molecule has 0 aromatic heterocycles. The fourth-order valence-corrected chi connectivity index (χ4v) is 2.10. The minimum atomic E-state index is -0.146. The minimum Gasteiger partial charge on any atom is -0.504 e. The summed E-state index contributed by atoms with van der Waals surface area (Å²) in [5, 5.41) is 12.5. The summed E-state index contributed by atoms with van der Waals surface area (Å²) >= 11 is 0. The minimum absolute atomic E-state index is 0.0101. The van der Waals surface area contributed by atoms with Crippen molar-refractivity contribution < 1.29 is 14.6 Å². The molecule has 1 saturated carbocycles. The molecular formula is C14H19NO3. The first-order chi connectivity index (χ1) is 8.70. The van der Waals surface area contributed by atoms with Crippen molar-refractivity contribution in [1.82, 2.24) is 5.32 Å². The third-order valence-electron chi connectivity index (χ3n) is 3.50. The van der Waals surface area contributed by atoms with Gasteiger partial charge in [0, 0.05) is 12.1 Å². The van der Waals surface area contributed by atoms with Crippen LogP contribution in [0.3, 0.4) is 0 Å². The first kappa shape index (κ1) is 12.7. The van der Waals surface area contributed by atoms with Crippen LogP contribution in [-0.4, -0.2) is 24.7 Å². The summed E-state index contributed by atoms with van der Waals surface area (Å²) in [5.74, 6) is 1.01. The Morgan fingerprint density at radius 1 is 1.50 bits per heavy atom. The van der Waals surface area contributed by atoms with E-state index in [1.54, 1.807) is 12.1 Å². The first-order valence-corrected chi connectivity index (χ1v) is 6.36. The molecule has 0 spiro atoms. The van der Waals surface area contributed by atoms with Gasteiger partial charge in [-0.15, -0.1) is 0 Å². The lowest BCUT2D eigenvalue weighted by atomic mass is 9.83. The molecule has 4 heteroatoms. The second-order valence-electron chi connectivity index (χ2n) is 4.73. The summed E-state index contributed by atoms with van der Waals surface area (Å²) < 4.78 is 4.93. The Morgan fingerprint density at radius 3 is 2.83 bits per heavy atom. The number of benzene rings is 1. The maximum absolute atomic E-state index is 11.8. The standard InChI is InChI=1S/C14H19NO3/c1-18-13-6-5-11(9-12(13)16)14(17)15-8-7-10-3-2-4-10/h5-6,9-10,16H,2-4,7-8H2,1H3,(H,15,17). The summed E-state index contributed by atoms with van der Waals surface area (Å²) in [4.78, 5) is 11.8. The topological polar surface area (TPSA) is 58.6 Å². The van der Waals surface area contributed by atoms with Crippen LogP contribution in [0.25, 0.3) is 0 Å². The number of rotatable bonds is 5. The lowest BCUT2D eigenvalue weighted by Gasteiger charge is -2.25. The molecule has 2 N–H and O–H groups in total. The van der Waals surface area contributed by atoms with Crippen LogP contribution in [-0.2, 0) is 0 Å². The quantitative estimate of drug-likeness (QED) is 0.842. The zero-order valence-corrected chi connectivity index (χ0v) is 10.6. The van der Waals surface area contributed by atoms with E-state index in [2.05, 4.69) is 5.32 Å². The van der Waals surface area contributed by atoms with Gasteiger partial charge >= 0.3 is 0 Å². The molecule has 1 aliphatic rings. The Labute approximate surface area is 107 Å². The molecule has 1 aromatic rings. The van der Waals surface area contributed by atoms with Gasteiger partial charge in [-0.2, -0.15) is 0 Å². The van der Waals surface area contributed by atoms with E-state index in [1.165, 1.54) is 32.4 Å². The summed E-state index contributed by atoms with van der Waals surface area (Å²) in [6.45, 7) is 0.705. The van der Waals surface area contributed by atoms with Gasteiger partial charge in [0.05, 0.1) is 7.11 Å². The Balaban J connectivity index is 1.85. The van der Waals surface area contributed by atoms with Crippen molar-refractivity contribution in [2.45, 2.75) is 25.7 Å². The van der Waals surface area contributed by atoms with Crippen LogP contribution in [0.15, 0.2) is 18.2 Å². The summed E-state index contributed by atoms with van der Waals surface area (Å²) in [6, 6.07) is 4.67. The van der Waals surface area contributed by atoms with Crippen LogP contribution in [0.1, 0.15) is 36.0 Å². The summed E-state index contributed by atoms with van der Waals surface area (Å²) in [5.41, 5.74) is 0.460.